The minimum Gasteiger partial charge on any atom is -0.379 e. The lowest BCUT2D eigenvalue weighted by Crippen LogP contribution is -2.44. The van der Waals surface area contributed by atoms with Crippen molar-refractivity contribution < 1.29 is 13.2 Å². The second-order valence-electron chi connectivity index (χ2n) is 6.92. The molecule has 140 valence electrons. The van der Waals surface area contributed by atoms with E-state index in [0.29, 0.717) is 18.2 Å². The Morgan fingerprint density at radius 2 is 1.96 bits per heavy atom. The summed E-state index contributed by atoms with van der Waals surface area (Å²) < 4.78 is 32.9. The summed E-state index contributed by atoms with van der Waals surface area (Å²) in [5.74, 6) is 0.191. The molecule has 0 unspecified atom stereocenters. The lowest BCUT2D eigenvalue weighted by molar-refractivity contribution is 0.0902. The maximum Gasteiger partial charge on any atom is 0.217 e. The van der Waals surface area contributed by atoms with Crippen molar-refractivity contribution in [3.63, 3.8) is 0 Å². The van der Waals surface area contributed by atoms with Gasteiger partial charge in [-0.05, 0) is 34.7 Å². The van der Waals surface area contributed by atoms with Crippen LogP contribution in [0.5, 0.6) is 0 Å². The third-order valence-corrected chi connectivity index (χ3v) is 6.78. The van der Waals surface area contributed by atoms with Gasteiger partial charge in [0.25, 0.3) is 0 Å². The highest BCUT2D eigenvalue weighted by Gasteiger charge is 2.34. The van der Waals surface area contributed by atoms with Crippen LogP contribution in [0.4, 0.5) is 0 Å². The minimum atomic E-state index is -3.38. The van der Waals surface area contributed by atoms with Crippen LogP contribution in [0.2, 0.25) is 5.02 Å². The molecule has 1 aliphatic rings. The van der Waals surface area contributed by atoms with Crippen LogP contribution in [-0.2, 0) is 21.3 Å². The average molecular weight is 394 g/mol. The molecule has 0 N–H and O–H groups in total. The van der Waals surface area contributed by atoms with E-state index < -0.39 is 10.0 Å². The van der Waals surface area contributed by atoms with Crippen molar-refractivity contribution in [3.05, 3.63) is 59.1 Å². The molecule has 2 aromatic rings. The van der Waals surface area contributed by atoms with Crippen LogP contribution in [0.15, 0.2) is 48.5 Å². The maximum absolute atomic E-state index is 12.8. The molecule has 1 atom stereocenters. The van der Waals surface area contributed by atoms with Crippen molar-refractivity contribution in [2.24, 2.45) is 5.92 Å². The molecule has 4 nitrogen and oxygen atoms in total. The topological polar surface area (TPSA) is 46.6 Å². The van der Waals surface area contributed by atoms with E-state index in [9.17, 15) is 8.42 Å². The molecule has 0 amide bonds. The molecule has 0 bridgehead atoms. The Hall–Kier alpha value is -1.40. The van der Waals surface area contributed by atoms with Gasteiger partial charge in [-0.25, -0.2) is 8.42 Å². The van der Waals surface area contributed by atoms with Gasteiger partial charge in [0.2, 0.25) is 10.0 Å². The van der Waals surface area contributed by atoms with E-state index in [2.05, 4.69) is 0 Å². The van der Waals surface area contributed by atoms with Crippen LogP contribution in [-0.4, -0.2) is 37.7 Å². The standard InChI is InChI=1S/C20H24ClNO3S/c1-15(2)20-14-25-10-11-26(23,24)22(20)13-17-6-3-4-9-19(17)16-7-5-8-18(21)12-16/h3-9,12,15,20H,10-11,13-14H2,1-2H3/t20-/m1/s1. The van der Waals surface area contributed by atoms with Gasteiger partial charge in [0.05, 0.1) is 25.0 Å². The Bertz CT molecular complexity index is 867. The molecular formula is C20H24ClNO3S. The molecule has 1 fully saturated rings. The summed E-state index contributed by atoms with van der Waals surface area (Å²) in [7, 11) is -3.38. The predicted octanol–water partition coefficient (Wildman–Crippen LogP) is 4.19. The molecule has 6 heteroatoms. The van der Waals surface area contributed by atoms with Gasteiger partial charge in [0, 0.05) is 11.6 Å². The molecule has 26 heavy (non-hydrogen) atoms. The number of rotatable bonds is 4. The normalized spacial score (nSPS) is 20.8. The lowest BCUT2D eigenvalue weighted by Gasteiger charge is -2.31. The highest BCUT2D eigenvalue weighted by atomic mass is 35.5. The minimum absolute atomic E-state index is 0.0234. The molecule has 0 spiro atoms. The van der Waals surface area contributed by atoms with Crippen LogP contribution in [0, 0.1) is 5.92 Å². The zero-order valence-corrected chi connectivity index (χ0v) is 16.6. The van der Waals surface area contributed by atoms with Crippen molar-refractivity contribution >= 4 is 21.6 Å². The fraction of sp³-hybridized carbons (Fsp3) is 0.400. The van der Waals surface area contributed by atoms with Crippen molar-refractivity contribution in [2.45, 2.75) is 26.4 Å². The van der Waals surface area contributed by atoms with Gasteiger partial charge >= 0.3 is 0 Å². The zero-order chi connectivity index (χ0) is 18.7. The monoisotopic (exact) mass is 393 g/mol. The highest BCUT2D eigenvalue weighted by molar-refractivity contribution is 7.89. The van der Waals surface area contributed by atoms with E-state index in [0.717, 1.165) is 16.7 Å². The fourth-order valence-corrected chi connectivity index (χ4v) is 5.09. The number of benzene rings is 2. The second kappa shape index (κ2) is 8.09. The molecule has 1 aliphatic heterocycles. The molecule has 1 saturated heterocycles. The summed E-state index contributed by atoms with van der Waals surface area (Å²) in [4.78, 5) is 0. The van der Waals surface area contributed by atoms with Crippen molar-refractivity contribution in [1.82, 2.24) is 4.31 Å². The summed E-state index contributed by atoms with van der Waals surface area (Å²) in [5, 5.41) is 0.660. The Kier molecular flexibility index (Phi) is 6.03. The molecule has 0 aromatic heterocycles. The van der Waals surface area contributed by atoms with Crippen LogP contribution in [0.1, 0.15) is 19.4 Å². The number of halogens is 1. The molecule has 0 saturated carbocycles. The first-order valence-corrected chi connectivity index (χ1v) is 10.8. The average Bonchev–Trinajstić information content (AvgIpc) is 2.74. The van der Waals surface area contributed by atoms with Crippen LogP contribution in [0.3, 0.4) is 0 Å². The lowest BCUT2D eigenvalue weighted by atomic mass is 9.98. The Balaban J connectivity index is 2.01. The van der Waals surface area contributed by atoms with E-state index in [1.54, 1.807) is 4.31 Å². The van der Waals surface area contributed by atoms with Gasteiger partial charge in [0.15, 0.2) is 0 Å². The molecule has 2 aromatic carbocycles. The summed E-state index contributed by atoms with van der Waals surface area (Å²) in [6, 6.07) is 15.3. The largest absolute Gasteiger partial charge is 0.379 e. The first kappa shape index (κ1) is 19.4. The molecular weight excluding hydrogens is 370 g/mol. The molecule has 0 radical (unpaired) electrons. The van der Waals surface area contributed by atoms with Gasteiger partial charge in [0.1, 0.15) is 0 Å². The van der Waals surface area contributed by atoms with Crippen LogP contribution in [0.25, 0.3) is 11.1 Å². The van der Waals surface area contributed by atoms with E-state index in [-0.39, 0.29) is 24.3 Å². The molecule has 1 heterocycles. The van der Waals surface area contributed by atoms with Crippen molar-refractivity contribution in [2.75, 3.05) is 19.0 Å². The summed E-state index contributed by atoms with van der Waals surface area (Å²) >= 11 is 6.15. The van der Waals surface area contributed by atoms with Gasteiger partial charge in [-0.1, -0.05) is 61.8 Å². The molecule has 0 aliphatic carbocycles. The van der Waals surface area contributed by atoms with E-state index in [4.69, 9.17) is 16.3 Å². The zero-order valence-electron chi connectivity index (χ0n) is 15.1. The number of ether oxygens (including phenoxy) is 1. The Morgan fingerprint density at radius 1 is 1.19 bits per heavy atom. The van der Waals surface area contributed by atoms with Gasteiger partial charge in [-0.15, -0.1) is 0 Å². The first-order chi connectivity index (χ1) is 12.4. The fourth-order valence-electron chi connectivity index (χ4n) is 3.28. The van der Waals surface area contributed by atoms with Gasteiger partial charge < -0.3 is 4.74 Å². The summed E-state index contributed by atoms with van der Waals surface area (Å²) in [6.45, 7) is 5.07. The first-order valence-electron chi connectivity index (χ1n) is 8.79. The molecule has 3 rings (SSSR count). The van der Waals surface area contributed by atoms with Crippen molar-refractivity contribution in [3.8, 4) is 11.1 Å². The van der Waals surface area contributed by atoms with Crippen molar-refractivity contribution in [1.29, 1.82) is 0 Å². The third-order valence-electron chi connectivity index (χ3n) is 4.75. The number of hydrogen-bond donors (Lipinski definition) is 0. The van der Waals surface area contributed by atoms with E-state index >= 15 is 0 Å². The third kappa shape index (κ3) is 4.29. The predicted molar refractivity (Wildman–Crippen MR) is 106 cm³/mol. The number of nitrogens with zero attached hydrogens (tertiary/aromatic N) is 1. The Labute approximate surface area is 160 Å². The van der Waals surface area contributed by atoms with Gasteiger partial charge in [-0.3, -0.25) is 0 Å². The van der Waals surface area contributed by atoms with Crippen LogP contribution >= 0.6 is 11.6 Å². The van der Waals surface area contributed by atoms with Crippen LogP contribution < -0.4 is 0 Å². The quantitative estimate of drug-likeness (QED) is 0.782. The SMILES string of the molecule is CC(C)[C@H]1COCCS(=O)(=O)N1Cc1ccccc1-c1cccc(Cl)c1. The number of sulfonamides is 1. The van der Waals surface area contributed by atoms with Gasteiger partial charge in [-0.2, -0.15) is 4.31 Å². The van der Waals surface area contributed by atoms with E-state index in [1.165, 1.54) is 0 Å². The smallest absolute Gasteiger partial charge is 0.217 e. The number of hydrogen-bond acceptors (Lipinski definition) is 3. The summed E-state index contributed by atoms with van der Waals surface area (Å²) in [5.41, 5.74) is 2.95. The maximum atomic E-state index is 12.8. The second-order valence-corrected chi connectivity index (χ2v) is 9.39. The Morgan fingerprint density at radius 3 is 2.69 bits per heavy atom. The van der Waals surface area contributed by atoms with E-state index in [1.807, 2.05) is 62.4 Å². The summed E-state index contributed by atoms with van der Waals surface area (Å²) in [6.07, 6.45) is 0. The highest BCUT2D eigenvalue weighted by Crippen LogP contribution is 2.29.